The van der Waals surface area contributed by atoms with Crippen LogP contribution in [0.25, 0.3) is 0 Å². The Hall–Kier alpha value is -1.06. The molecule has 0 saturated carbocycles. The number of aromatic nitrogens is 4. The summed E-state index contributed by atoms with van der Waals surface area (Å²) in [5.41, 5.74) is 0. The molecule has 9 heteroatoms. The van der Waals surface area contributed by atoms with Gasteiger partial charge in [-0.25, -0.2) is 4.68 Å². The number of aryl methyl sites for hydroxylation is 1. The van der Waals surface area contributed by atoms with Gasteiger partial charge in [-0.15, -0.1) is 16.4 Å². The molecule has 2 aromatic rings. The van der Waals surface area contributed by atoms with Crippen molar-refractivity contribution in [1.29, 1.82) is 0 Å². The van der Waals surface area contributed by atoms with Gasteiger partial charge < -0.3 is 4.90 Å². The lowest BCUT2D eigenvalue weighted by Gasteiger charge is -2.19. The Morgan fingerprint density at radius 2 is 2.41 bits per heavy atom. The number of hydrogen-bond acceptors (Lipinski definition) is 7. The van der Waals surface area contributed by atoms with Crippen molar-refractivity contribution >= 4 is 40.8 Å². The van der Waals surface area contributed by atoms with E-state index in [1.54, 1.807) is 23.1 Å². The molecule has 0 bridgehead atoms. The van der Waals surface area contributed by atoms with Gasteiger partial charge in [0, 0.05) is 36.0 Å². The molecule has 3 rings (SSSR count). The third kappa shape index (κ3) is 3.82. The van der Waals surface area contributed by atoms with Crippen molar-refractivity contribution in [3.05, 3.63) is 22.4 Å². The molecule has 1 amide bonds. The highest BCUT2D eigenvalue weighted by molar-refractivity contribution is 8.00. The van der Waals surface area contributed by atoms with E-state index in [9.17, 15) is 4.79 Å². The van der Waals surface area contributed by atoms with Gasteiger partial charge in [0.15, 0.2) is 0 Å². The summed E-state index contributed by atoms with van der Waals surface area (Å²) in [5, 5.41) is 14.6. The first-order valence-corrected chi connectivity index (χ1v) is 9.93. The van der Waals surface area contributed by atoms with Crippen LogP contribution in [0.5, 0.6) is 0 Å². The summed E-state index contributed by atoms with van der Waals surface area (Å²) in [6, 6.07) is 4.29. The van der Waals surface area contributed by atoms with E-state index in [-0.39, 0.29) is 5.91 Å². The second-order valence-corrected chi connectivity index (χ2v) is 8.15. The van der Waals surface area contributed by atoms with Crippen LogP contribution < -0.4 is 0 Å². The zero-order valence-corrected chi connectivity index (χ0v) is 14.7. The smallest absolute Gasteiger partial charge is 0.233 e. The van der Waals surface area contributed by atoms with Crippen molar-refractivity contribution in [2.24, 2.45) is 7.05 Å². The zero-order chi connectivity index (χ0) is 15.4. The van der Waals surface area contributed by atoms with E-state index in [0.717, 1.165) is 25.3 Å². The van der Waals surface area contributed by atoms with E-state index < -0.39 is 0 Å². The van der Waals surface area contributed by atoms with Crippen LogP contribution in [0.15, 0.2) is 22.7 Å². The molecule has 118 valence electrons. The second-order valence-electron chi connectivity index (χ2n) is 4.92. The number of nitrogens with zero attached hydrogens (tertiary/aromatic N) is 5. The number of tetrazole rings is 1. The molecular weight excluding hydrogens is 338 g/mol. The van der Waals surface area contributed by atoms with Gasteiger partial charge in [0.1, 0.15) is 0 Å². The van der Waals surface area contributed by atoms with Gasteiger partial charge in [-0.1, -0.05) is 17.8 Å². The summed E-state index contributed by atoms with van der Waals surface area (Å²) in [6.07, 6.45) is 1.02. The summed E-state index contributed by atoms with van der Waals surface area (Å²) in [6.45, 7) is 1.65. The van der Waals surface area contributed by atoms with Crippen LogP contribution in [0.1, 0.15) is 16.5 Å². The van der Waals surface area contributed by atoms with Crippen molar-refractivity contribution in [1.82, 2.24) is 25.1 Å². The average Bonchev–Trinajstić information content (AvgIpc) is 3.12. The van der Waals surface area contributed by atoms with Crippen LogP contribution in [0.2, 0.25) is 0 Å². The molecular formula is C13H17N5OS3. The molecule has 3 heterocycles. The molecule has 1 fully saturated rings. The van der Waals surface area contributed by atoms with Crippen LogP contribution in [-0.4, -0.2) is 55.6 Å². The fourth-order valence-corrected chi connectivity index (χ4v) is 5.27. The average molecular weight is 356 g/mol. The van der Waals surface area contributed by atoms with Crippen molar-refractivity contribution < 1.29 is 4.79 Å². The molecule has 2 aromatic heterocycles. The Morgan fingerprint density at radius 1 is 1.50 bits per heavy atom. The molecule has 0 radical (unpaired) electrons. The first kappa shape index (κ1) is 15.8. The van der Waals surface area contributed by atoms with Crippen molar-refractivity contribution in [2.75, 3.05) is 24.6 Å². The fourth-order valence-electron chi connectivity index (χ4n) is 2.28. The first-order valence-electron chi connectivity index (χ1n) is 7.02. The van der Waals surface area contributed by atoms with Gasteiger partial charge in [0.25, 0.3) is 0 Å². The zero-order valence-electron chi connectivity index (χ0n) is 12.2. The van der Waals surface area contributed by atoms with Gasteiger partial charge >= 0.3 is 0 Å². The Balaban J connectivity index is 1.52. The van der Waals surface area contributed by atoms with Crippen molar-refractivity contribution in [3.8, 4) is 0 Å². The summed E-state index contributed by atoms with van der Waals surface area (Å²) in [4.78, 5) is 15.8. The first-order chi connectivity index (χ1) is 10.7. The molecule has 0 N–H and O–H groups in total. The molecule has 1 saturated heterocycles. The summed E-state index contributed by atoms with van der Waals surface area (Å²) < 4.78 is 1.59. The SMILES string of the molecule is Cn1nnnc1SCC(=O)N1CCS[C@@H](c2cccs2)CC1. The Bertz CT molecular complexity index is 615. The highest BCUT2D eigenvalue weighted by Gasteiger charge is 2.22. The van der Waals surface area contributed by atoms with Gasteiger partial charge in [-0.3, -0.25) is 4.79 Å². The summed E-state index contributed by atoms with van der Waals surface area (Å²) in [7, 11) is 1.78. The van der Waals surface area contributed by atoms with Crippen LogP contribution >= 0.6 is 34.9 Å². The largest absolute Gasteiger partial charge is 0.341 e. The molecule has 1 aliphatic heterocycles. The molecule has 0 aliphatic carbocycles. The van der Waals surface area contributed by atoms with Gasteiger partial charge in [-0.2, -0.15) is 11.8 Å². The Morgan fingerprint density at radius 3 is 3.14 bits per heavy atom. The quantitative estimate of drug-likeness (QED) is 0.783. The second kappa shape index (κ2) is 7.47. The highest BCUT2D eigenvalue weighted by Crippen LogP contribution is 2.36. The van der Waals surface area contributed by atoms with E-state index in [4.69, 9.17) is 0 Å². The van der Waals surface area contributed by atoms with E-state index in [1.807, 2.05) is 16.7 Å². The minimum Gasteiger partial charge on any atom is -0.341 e. The number of rotatable bonds is 4. The molecule has 1 aliphatic rings. The van der Waals surface area contributed by atoms with E-state index in [1.165, 1.54) is 16.6 Å². The lowest BCUT2D eigenvalue weighted by Crippen LogP contribution is -2.34. The molecule has 0 unspecified atom stereocenters. The molecule has 0 spiro atoms. The molecule has 0 aromatic carbocycles. The maximum absolute atomic E-state index is 12.4. The summed E-state index contributed by atoms with van der Waals surface area (Å²) in [5.74, 6) is 1.55. The summed E-state index contributed by atoms with van der Waals surface area (Å²) >= 11 is 5.15. The van der Waals surface area contributed by atoms with E-state index in [2.05, 4.69) is 33.0 Å². The maximum Gasteiger partial charge on any atom is 0.233 e. The lowest BCUT2D eigenvalue weighted by atomic mass is 10.2. The topological polar surface area (TPSA) is 63.9 Å². The number of thioether (sulfide) groups is 2. The van der Waals surface area contributed by atoms with Crippen LogP contribution in [-0.2, 0) is 11.8 Å². The Kier molecular flexibility index (Phi) is 5.37. The maximum atomic E-state index is 12.4. The van der Waals surface area contributed by atoms with Gasteiger partial charge in [0.2, 0.25) is 11.1 Å². The predicted molar refractivity (Wildman–Crippen MR) is 90.2 cm³/mol. The van der Waals surface area contributed by atoms with Crippen LogP contribution in [0.4, 0.5) is 0 Å². The van der Waals surface area contributed by atoms with Gasteiger partial charge in [-0.05, 0) is 28.3 Å². The molecule has 6 nitrogen and oxygen atoms in total. The third-order valence-electron chi connectivity index (χ3n) is 3.46. The van der Waals surface area contributed by atoms with E-state index >= 15 is 0 Å². The highest BCUT2D eigenvalue weighted by atomic mass is 32.2. The monoisotopic (exact) mass is 355 g/mol. The normalized spacial score (nSPS) is 19.1. The standard InChI is InChI=1S/C13H17N5OS3/c1-17-13(14-15-16-17)22-9-12(19)18-5-4-11(21-8-6-18)10-3-2-7-20-10/h2-3,7,11H,4-6,8-9H2,1H3/t11-/m1/s1. The van der Waals surface area contributed by atoms with Crippen LogP contribution in [0.3, 0.4) is 0 Å². The van der Waals surface area contributed by atoms with Crippen molar-refractivity contribution in [3.63, 3.8) is 0 Å². The van der Waals surface area contributed by atoms with Gasteiger partial charge in [0.05, 0.1) is 5.75 Å². The van der Waals surface area contributed by atoms with Crippen LogP contribution in [0, 0.1) is 0 Å². The predicted octanol–water partition coefficient (Wildman–Crippen LogP) is 2.07. The Labute approximate surface area is 141 Å². The number of hydrogen-bond donors (Lipinski definition) is 0. The van der Waals surface area contributed by atoms with Crippen molar-refractivity contribution in [2.45, 2.75) is 16.8 Å². The number of carbonyl (C=O) groups is 1. The lowest BCUT2D eigenvalue weighted by molar-refractivity contribution is -0.128. The minimum absolute atomic E-state index is 0.167. The molecule has 1 atom stereocenters. The fraction of sp³-hybridized carbons (Fsp3) is 0.538. The minimum atomic E-state index is 0.167. The third-order valence-corrected chi connectivity index (χ3v) is 6.90. The molecule has 22 heavy (non-hydrogen) atoms. The van der Waals surface area contributed by atoms with E-state index in [0.29, 0.717) is 16.2 Å². The number of carbonyl (C=O) groups excluding carboxylic acids is 1. The number of amides is 1. The number of thiophene rings is 1.